The molecule has 0 bridgehead atoms. The Labute approximate surface area is 73.2 Å². The molecule has 56 valence electrons. The van der Waals surface area contributed by atoms with Gasteiger partial charge in [-0.25, -0.2) is 0 Å². The summed E-state index contributed by atoms with van der Waals surface area (Å²) in [6.45, 7) is 0. The van der Waals surface area contributed by atoms with Crippen molar-refractivity contribution in [1.29, 1.82) is 0 Å². The predicted octanol–water partition coefficient (Wildman–Crippen LogP) is 2.50. The highest BCUT2D eigenvalue weighted by Crippen LogP contribution is 2.24. The molecule has 0 radical (unpaired) electrons. The van der Waals surface area contributed by atoms with Crippen molar-refractivity contribution in [2.75, 3.05) is 0 Å². The summed E-state index contributed by atoms with van der Waals surface area (Å²) in [6.07, 6.45) is 1.81. The smallest absolute Gasteiger partial charge is 0.0651 e. The zero-order valence-corrected chi connectivity index (χ0v) is 7.32. The monoisotopic (exact) mass is 182 g/mol. The van der Waals surface area contributed by atoms with Gasteiger partial charge in [-0.1, -0.05) is 10.8 Å². The van der Waals surface area contributed by atoms with Crippen LogP contribution in [0.2, 0.25) is 0 Å². The Balaban J connectivity index is 2.67. The first kappa shape index (κ1) is 7.06. The normalized spacial score (nSPS) is 10.6. The highest BCUT2D eigenvalue weighted by molar-refractivity contribution is 8.68. The van der Waals surface area contributed by atoms with Gasteiger partial charge in [0.15, 0.2) is 0 Å². The zero-order valence-electron chi connectivity index (χ0n) is 5.61. The number of H-pyrrole nitrogens is 1. The summed E-state index contributed by atoms with van der Waals surface area (Å²) in [4.78, 5) is 1.14. The van der Waals surface area contributed by atoms with Gasteiger partial charge in [0.2, 0.25) is 0 Å². The maximum absolute atomic E-state index is 4.10. The van der Waals surface area contributed by atoms with E-state index in [1.807, 2.05) is 18.3 Å². The van der Waals surface area contributed by atoms with E-state index in [0.717, 1.165) is 15.8 Å². The molecule has 0 amide bonds. The van der Waals surface area contributed by atoms with Gasteiger partial charge in [-0.2, -0.15) is 5.10 Å². The molecular weight excluding hydrogens is 176 g/mol. The molecule has 1 N–H and O–H groups in total. The average molecular weight is 182 g/mol. The summed E-state index contributed by atoms with van der Waals surface area (Å²) in [7, 11) is 1.44. The lowest BCUT2D eigenvalue weighted by atomic mass is 10.3. The lowest BCUT2D eigenvalue weighted by molar-refractivity contribution is 1.12. The van der Waals surface area contributed by atoms with Gasteiger partial charge in [-0.3, -0.25) is 5.10 Å². The summed E-state index contributed by atoms with van der Waals surface area (Å²) in [5, 5.41) is 7.93. The molecule has 2 nitrogen and oxygen atoms in total. The van der Waals surface area contributed by atoms with Crippen LogP contribution in [0.4, 0.5) is 0 Å². The molecule has 0 atom stereocenters. The Kier molecular flexibility index (Phi) is 1.79. The molecule has 0 saturated carbocycles. The highest BCUT2D eigenvalue weighted by Gasteiger charge is 1.95. The molecule has 0 spiro atoms. The van der Waals surface area contributed by atoms with E-state index < -0.39 is 0 Å². The standard InChI is InChI=1S/C7H6N2S2/c10-11-6-1-2-7-5(3-6)4-8-9-7/h1-4,10H,(H,8,9). The quantitative estimate of drug-likeness (QED) is 0.524. The molecule has 0 fully saturated rings. The summed E-state index contributed by atoms with van der Waals surface area (Å²) < 4.78 is 0. The van der Waals surface area contributed by atoms with Gasteiger partial charge >= 0.3 is 0 Å². The molecular formula is C7H6N2S2. The lowest BCUT2D eigenvalue weighted by Gasteiger charge is -1.92. The Morgan fingerprint density at radius 1 is 1.45 bits per heavy atom. The van der Waals surface area contributed by atoms with Gasteiger partial charge < -0.3 is 0 Å². The van der Waals surface area contributed by atoms with Crippen LogP contribution in [-0.2, 0) is 0 Å². The first-order valence-electron chi connectivity index (χ1n) is 3.15. The van der Waals surface area contributed by atoms with Gasteiger partial charge in [0.25, 0.3) is 0 Å². The van der Waals surface area contributed by atoms with Crippen molar-refractivity contribution in [2.45, 2.75) is 4.90 Å². The molecule has 1 aromatic carbocycles. The van der Waals surface area contributed by atoms with Crippen molar-refractivity contribution in [2.24, 2.45) is 0 Å². The molecule has 1 aromatic heterocycles. The van der Waals surface area contributed by atoms with E-state index in [1.165, 1.54) is 10.8 Å². The molecule has 0 aliphatic heterocycles. The van der Waals surface area contributed by atoms with Crippen molar-refractivity contribution in [1.82, 2.24) is 10.2 Å². The minimum Gasteiger partial charge on any atom is -0.278 e. The van der Waals surface area contributed by atoms with Crippen LogP contribution in [0.3, 0.4) is 0 Å². The van der Waals surface area contributed by atoms with Crippen LogP contribution >= 0.6 is 22.5 Å². The van der Waals surface area contributed by atoms with Gasteiger partial charge in [-0.15, -0.1) is 11.7 Å². The zero-order chi connectivity index (χ0) is 7.68. The van der Waals surface area contributed by atoms with Crippen LogP contribution < -0.4 is 0 Å². The maximum Gasteiger partial charge on any atom is 0.0651 e. The molecule has 0 unspecified atom stereocenters. The number of nitrogens with one attached hydrogen (secondary N) is 1. The molecule has 0 aliphatic rings. The number of hydrogen-bond acceptors (Lipinski definition) is 3. The number of fused-ring (bicyclic) bond motifs is 1. The second-order valence-electron chi connectivity index (χ2n) is 2.21. The van der Waals surface area contributed by atoms with Crippen molar-refractivity contribution >= 4 is 33.4 Å². The molecule has 4 heteroatoms. The van der Waals surface area contributed by atoms with Crippen molar-refractivity contribution < 1.29 is 0 Å². The fourth-order valence-electron chi connectivity index (χ4n) is 0.978. The topological polar surface area (TPSA) is 28.7 Å². The third-order valence-electron chi connectivity index (χ3n) is 1.52. The second kappa shape index (κ2) is 2.79. The van der Waals surface area contributed by atoms with Gasteiger partial charge in [0, 0.05) is 10.3 Å². The Hall–Kier alpha value is -0.610. The minimum absolute atomic E-state index is 1.07. The first-order chi connectivity index (χ1) is 5.40. The maximum atomic E-state index is 4.10. The van der Waals surface area contributed by atoms with E-state index in [1.54, 1.807) is 0 Å². The molecule has 0 saturated heterocycles. The average Bonchev–Trinajstić information content (AvgIpc) is 2.50. The second-order valence-corrected chi connectivity index (χ2v) is 3.41. The van der Waals surface area contributed by atoms with E-state index >= 15 is 0 Å². The van der Waals surface area contributed by atoms with Crippen LogP contribution in [0.5, 0.6) is 0 Å². The number of rotatable bonds is 1. The molecule has 11 heavy (non-hydrogen) atoms. The number of aromatic nitrogens is 2. The molecule has 0 aliphatic carbocycles. The molecule has 2 aromatic rings. The third-order valence-corrected chi connectivity index (χ3v) is 2.61. The van der Waals surface area contributed by atoms with Crippen molar-refractivity contribution in [3.05, 3.63) is 24.4 Å². The predicted molar refractivity (Wildman–Crippen MR) is 50.9 cm³/mol. The van der Waals surface area contributed by atoms with Crippen molar-refractivity contribution in [3.63, 3.8) is 0 Å². The van der Waals surface area contributed by atoms with Crippen LogP contribution in [0, 0.1) is 0 Å². The summed E-state index contributed by atoms with van der Waals surface area (Å²) in [6, 6.07) is 6.07. The number of nitrogens with zero attached hydrogens (tertiary/aromatic N) is 1. The van der Waals surface area contributed by atoms with Crippen LogP contribution in [0.1, 0.15) is 0 Å². The van der Waals surface area contributed by atoms with Crippen LogP contribution in [-0.4, -0.2) is 10.2 Å². The Morgan fingerprint density at radius 2 is 2.36 bits per heavy atom. The van der Waals surface area contributed by atoms with Gasteiger partial charge in [0.05, 0.1) is 11.7 Å². The summed E-state index contributed by atoms with van der Waals surface area (Å²) in [5.41, 5.74) is 1.07. The van der Waals surface area contributed by atoms with E-state index in [9.17, 15) is 0 Å². The van der Waals surface area contributed by atoms with E-state index in [-0.39, 0.29) is 0 Å². The van der Waals surface area contributed by atoms with E-state index in [2.05, 4.69) is 27.9 Å². The molecule has 1 heterocycles. The van der Waals surface area contributed by atoms with Crippen LogP contribution in [0.25, 0.3) is 10.9 Å². The first-order valence-corrected chi connectivity index (χ1v) is 5.01. The van der Waals surface area contributed by atoms with Crippen molar-refractivity contribution in [3.8, 4) is 0 Å². The SMILES string of the molecule is SSc1ccc2[nH]ncc2c1. The van der Waals surface area contributed by atoms with E-state index in [0.29, 0.717) is 0 Å². The fourth-order valence-corrected chi connectivity index (χ4v) is 1.63. The Morgan fingerprint density at radius 3 is 3.18 bits per heavy atom. The van der Waals surface area contributed by atoms with Crippen LogP contribution in [0.15, 0.2) is 29.3 Å². The summed E-state index contributed by atoms with van der Waals surface area (Å²) in [5.74, 6) is 0. The number of thiol groups is 1. The minimum atomic E-state index is 1.07. The fraction of sp³-hybridized carbons (Fsp3) is 0. The highest BCUT2D eigenvalue weighted by atomic mass is 33.1. The lowest BCUT2D eigenvalue weighted by Crippen LogP contribution is -1.68. The van der Waals surface area contributed by atoms with Gasteiger partial charge in [0.1, 0.15) is 0 Å². The summed E-state index contributed by atoms with van der Waals surface area (Å²) >= 11 is 4.10. The van der Waals surface area contributed by atoms with Gasteiger partial charge in [-0.05, 0) is 18.2 Å². The Bertz CT molecular complexity index is 369. The van der Waals surface area contributed by atoms with E-state index in [4.69, 9.17) is 0 Å². The third kappa shape index (κ3) is 1.23. The number of benzene rings is 1. The largest absolute Gasteiger partial charge is 0.278 e. The number of hydrogen-bond donors (Lipinski definition) is 2. The number of aromatic amines is 1. The molecule has 2 rings (SSSR count).